The summed E-state index contributed by atoms with van der Waals surface area (Å²) >= 11 is 1.94. The molecule has 5 heteroatoms. The number of Topliss-reactive ketones (excluding diaryl/α,β-unsaturated/α-hetero) is 1. The van der Waals surface area contributed by atoms with Gasteiger partial charge in [0.1, 0.15) is 0 Å². The molecule has 1 fully saturated rings. The van der Waals surface area contributed by atoms with Crippen LogP contribution in [0, 0.1) is 5.92 Å². The van der Waals surface area contributed by atoms with Gasteiger partial charge in [-0.15, -0.1) is 0 Å². The number of nitrogens with zero attached hydrogens (tertiary/aromatic N) is 1. The molecule has 1 aromatic rings. The third kappa shape index (κ3) is 4.24. The molecule has 0 aliphatic carbocycles. The quantitative estimate of drug-likeness (QED) is 0.870. The van der Waals surface area contributed by atoms with Crippen LogP contribution >= 0.6 is 11.8 Å². The first-order chi connectivity index (χ1) is 9.97. The summed E-state index contributed by atoms with van der Waals surface area (Å²) in [7, 11) is 0. The first-order valence-corrected chi connectivity index (χ1v) is 8.31. The van der Waals surface area contributed by atoms with Crippen LogP contribution in [0.2, 0.25) is 0 Å². The van der Waals surface area contributed by atoms with Crippen molar-refractivity contribution in [3.05, 3.63) is 29.8 Å². The smallest absolute Gasteiger partial charge is 0.321 e. The average Bonchev–Trinajstić information content (AvgIpc) is 2.47. The maximum atomic E-state index is 12.3. The van der Waals surface area contributed by atoms with Gasteiger partial charge in [-0.3, -0.25) is 4.79 Å². The number of carbonyl (C=O) groups is 2. The highest BCUT2D eigenvalue weighted by atomic mass is 32.2. The van der Waals surface area contributed by atoms with E-state index in [1.807, 2.05) is 22.7 Å². The lowest BCUT2D eigenvalue weighted by Crippen LogP contribution is -2.45. The van der Waals surface area contributed by atoms with Gasteiger partial charge < -0.3 is 10.2 Å². The third-order valence-electron chi connectivity index (χ3n) is 3.64. The Hall–Kier alpha value is -1.49. The summed E-state index contributed by atoms with van der Waals surface area (Å²) in [5.41, 5.74) is 1.29. The van der Waals surface area contributed by atoms with E-state index in [1.165, 1.54) is 6.92 Å². The Balaban J connectivity index is 2.01. The van der Waals surface area contributed by atoms with Crippen LogP contribution in [-0.4, -0.2) is 40.8 Å². The summed E-state index contributed by atoms with van der Waals surface area (Å²) in [5, 5.41) is 3.39. The Morgan fingerprint density at radius 2 is 2.14 bits per heavy atom. The lowest BCUT2D eigenvalue weighted by molar-refractivity contribution is 0.101. The zero-order chi connectivity index (χ0) is 15.4. The van der Waals surface area contributed by atoms with E-state index in [2.05, 4.69) is 19.2 Å². The summed E-state index contributed by atoms with van der Waals surface area (Å²) in [4.78, 5) is 25.6. The van der Waals surface area contributed by atoms with Crippen LogP contribution in [0.1, 0.15) is 31.1 Å². The fourth-order valence-corrected chi connectivity index (χ4v) is 3.58. The molecule has 1 heterocycles. The molecule has 1 aliphatic rings. The van der Waals surface area contributed by atoms with Crippen LogP contribution in [0.15, 0.2) is 24.3 Å². The van der Waals surface area contributed by atoms with Crippen molar-refractivity contribution in [2.75, 3.05) is 24.2 Å². The van der Waals surface area contributed by atoms with Gasteiger partial charge in [0.05, 0.1) is 0 Å². The number of hydrogen-bond donors (Lipinski definition) is 1. The fourth-order valence-electron chi connectivity index (χ4n) is 2.28. The van der Waals surface area contributed by atoms with Crippen molar-refractivity contribution in [2.24, 2.45) is 5.92 Å². The summed E-state index contributed by atoms with van der Waals surface area (Å²) in [5.74, 6) is 1.54. The topological polar surface area (TPSA) is 49.4 Å². The van der Waals surface area contributed by atoms with Gasteiger partial charge >= 0.3 is 6.03 Å². The van der Waals surface area contributed by atoms with Crippen molar-refractivity contribution < 1.29 is 9.59 Å². The normalized spacial score (nSPS) is 18.7. The van der Waals surface area contributed by atoms with Gasteiger partial charge in [-0.2, -0.15) is 11.8 Å². The largest absolute Gasteiger partial charge is 0.323 e. The number of rotatable bonds is 3. The maximum Gasteiger partial charge on any atom is 0.321 e. The Kier molecular flexibility index (Phi) is 5.28. The molecule has 0 unspecified atom stereocenters. The highest BCUT2D eigenvalue weighted by molar-refractivity contribution is 8.00. The number of nitrogens with one attached hydrogen (secondary N) is 1. The van der Waals surface area contributed by atoms with Crippen LogP contribution in [0.3, 0.4) is 0 Å². The first kappa shape index (κ1) is 15.9. The summed E-state index contributed by atoms with van der Waals surface area (Å²) in [6.07, 6.45) is 0. The molecule has 21 heavy (non-hydrogen) atoms. The van der Waals surface area contributed by atoms with E-state index < -0.39 is 0 Å². The molecule has 1 N–H and O–H groups in total. The minimum atomic E-state index is -0.0818. The van der Waals surface area contributed by atoms with Gasteiger partial charge in [-0.05, 0) is 25.0 Å². The second-order valence-electron chi connectivity index (χ2n) is 5.67. The molecule has 1 atom stereocenters. The molecule has 4 nitrogen and oxygen atoms in total. The molecule has 1 aliphatic heterocycles. The predicted molar refractivity (Wildman–Crippen MR) is 88.1 cm³/mol. The number of carbonyl (C=O) groups excluding carboxylic acids is 2. The number of ketones is 1. The van der Waals surface area contributed by atoms with E-state index in [0.717, 1.165) is 18.8 Å². The highest BCUT2D eigenvalue weighted by Crippen LogP contribution is 2.25. The van der Waals surface area contributed by atoms with Crippen LogP contribution in [0.5, 0.6) is 0 Å². The van der Waals surface area contributed by atoms with E-state index in [4.69, 9.17) is 0 Å². The summed E-state index contributed by atoms with van der Waals surface area (Å²) in [6.45, 7) is 7.45. The molecule has 2 amide bonds. The van der Waals surface area contributed by atoms with Crippen LogP contribution in [0.4, 0.5) is 10.5 Å². The zero-order valence-corrected chi connectivity index (χ0v) is 13.6. The van der Waals surface area contributed by atoms with Gasteiger partial charge in [0.2, 0.25) is 0 Å². The summed E-state index contributed by atoms with van der Waals surface area (Å²) in [6, 6.07) is 6.99. The molecule has 114 valence electrons. The third-order valence-corrected chi connectivity index (χ3v) is 5.18. The van der Waals surface area contributed by atoms with Gasteiger partial charge in [0.15, 0.2) is 5.78 Å². The van der Waals surface area contributed by atoms with Crippen molar-refractivity contribution in [1.82, 2.24) is 4.90 Å². The molecule has 0 saturated carbocycles. The van der Waals surface area contributed by atoms with Crippen molar-refractivity contribution in [3.8, 4) is 0 Å². The monoisotopic (exact) mass is 306 g/mol. The molecule has 1 saturated heterocycles. The molecule has 2 rings (SSSR count). The van der Waals surface area contributed by atoms with Crippen LogP contribution in [-0.2, 0) is 0 Å². The van der Waals surface area contributed by atoms with Crippen LogP contribution < -0.4 is 5.32 Å². The average molecular weight is 306 g/mol. The Labute approximate surface area is 130 Å². The van der Waals surface area contributed by atoms with Gasteiger partial charge in [0, 0.05) is 35.3 Å². The Morgan fingerprint density at radius 3 is 2.81 bits per heavy atom. The second kappa shape index (κ2) is 6.98. The van der Waals surface area contributed by atoms with E-state index >= 15 is 0 Å². The van der Waals surface area contributed by atoms with Gasteiger partial charge in [0.25, 0.3) is 0 Å². The van der Waals surface area contributed by atoms with E-state index in [1.54, 1.807) is 18.2 Å². The number of benzene rings is 1. The van der Waals surface area contributed by atoms with Crippen molar-refractivity contribution in [1.29, 1.82) is 0 Å². The standard InChI is InChI=1S/C16H22N2O2S/c1-11(2)15-10-18(7-8-21-15)16(20)17-14-6-4-5-13(9-14)12(3)19/h4-6,9,11,15H,7-8,10H2,1-3H3,(H,17,20)/t15-/m0/s1. The molecule has 0 aromatic heterocycles. The SMILES string of the molecule is CC(=O)c1cccc(NC(=O)N2CCS[C@H](C(C)C)C2)c1. The minimum Gasteiger partial charge on any atom is -0.323 e. The summed E-state index contributed by atoms with van der Waals surface area (Å²) < 4.78 is 0. The number of amides is 2. The number of urea groups is 1. The van der Waals surface area contributed by atoms with Crippen LogP contribution in [0.25, 0.3) is 0 Å². The molecule has 0 spiro atoms. The fraction of sp³-hybridized carbons (Fsp3) is 0.500. The molecule has 1 aromatic carbocycles. The molecule has 0 bridgehead atoms. The molecular weight excluding hydrogens is 284 g/mol. The lowest BCUT2D eigenvalue weighted by Gasteiger charge is -2.34. The van der Waals surface area contributed by atoms with Gasteiger partial charge in [-0.25, -0.2) is 4.79 Å². The maximum absolute atomic E-state index is 12.3. The van der Waals surface area contributed by atoms with E-state index in [9.17, 15) is 9.59 Å². The second-order valence-corrected chi connectivity index (χ2v) is 7.01. The van der Waals surface area contributed by atoms with Gasteiger partial charge in [-0.1, -0.05) is 26.0 Å². The minimum absolute atomic E-state index is 0.000318. The lowest BCUT2D eigenvalue weighted by atomic mass is 10.1. The van der Waals surface area contributed by atoms with E-state index in [-0.39, 0.29) is 11.8 Å². The number of hydrogen-bond acceptors (Lipinski definition) is 3. The zero-order valence-electron chi connectivity index (χ0n) is 12.8. The van der Waals surface area contributed by atoms with Crippen molar-refractivity contribution >= 4 is 29.3 Å². The Morgan fingerprint density at radius 1 is 1.38 bits per heavy atom. The predicted octanol–water partition coefficient (Wildman–Crippen LogP) is 3.49. The highest BCUT2D eigenvalue weighted by Gasteiger charge is 2.26. The van der Waals surface area contributed by atoms with Crippen molar-refractivity contribution in [3.63, 3.8) is 0 Å². The first-order valence-electron chi connectivity index (χ1n) is 7.26. The number of thioether (sulfide) groups is 1. The molecular formula is C16H22N2O2S. The Bertz CT molecular complexity index is 531. The van der Waals surface area contributed by atoms with E-state index in [0.29, 0.717) is 22.4 Å². The number of anilines is 1. The van der Waals surface area contributed by atoms with Crippen molar-refractivity contribution in [2.45, 2.75) is 26.0 Å². The molecule has 0 radical (unpaired) electrons.